The van der Waals surface area contributed by atoms with Crippen LogP contribution in [0.3, 0.4) is 0 Å². The maximum absolute atomic E-state index is 12.3. The highest BCUT2D eigenvalue weighted by Crippen LogP contribution is 2.36. The van der Waals surface area contributed by atoms with Gasteiger partial charge in [-0.15, -0.1) is 0 Å². The fourth-order valence-corrected chi connectivity index (χ4v) is 4.26. The van der Waals surface area contributed by atoms with E-state index in [0.29, 0.717) is 23.9 Å². The average molecular weight is 278 g/mol. The fourth-order valence-electron chi connectivity index (χ4n) is 4.26. The third-order valence-corrected chi connectivity index (χ3v) is 5.20. The van der Waals surface area contributed by atoms with Gasteiger partial charge < -0.3 is 10.6 Å². The lowest BCUT2D eigenvalue weighted by atomic mass is 9.65. The molecular formula is C16H31BN2O. The molecule has 2 fully saturated rings. The fraction of sp³-hybridized carbons (Fsp3) is 0.938. The topological polar surface area (TPSA) is 46.3 Å². The number of hydrogen-bond donors (Lipinski definition) is 1. The first-order valence-corrected chi connectivity index (χ1v) is 8.51. The molecule has 1 saturated heterocycles. The van der Waals surface area contributed by atoms with Crippen LogP contribution in [0.1, 0.15) is 71.6 Å². The third-order valence-electron chi connectivity index (χ3n) is 5.20. The van der Waals surface area contributed by atoms with Crippen LogP contribution in [0, 0.1) is 5.92 Å². The van der Waals surface area contributed by atoms with Crippen LogP contribution in [0.25, 0.3) is 0 Å². The molecule has 0 bridgehead atoms. The molecule has 3 atom stereocenters. The van der Waals surface area contributed by atoms with E-state index in [1.165, 1.54) is 32.1 Å². The molecule has 0 aromatic heterocycles. The highest BCUT2D eigenvalue weighted by molar-refractivity contribution is 6.15. The summed E-state index contributed by atoms with van der Waals surface area (Å²) >= 11 is 0. The second-order valence-corrected chi connectivity index (χ2v) is 7.57. The van der Waals surface area contributed by atoms with Gasteiger partial charge in [0.05, 0.1) is 0 Å². The highest BCUT2D eigenvalue weighted by Gasteiger charge is 2.39. The smallest absolute Gasteiger partial charge is 0.223 e. The Bertz CT molecular complexity index is 343. The van der Waals surface area contributed by atoms with E-state index in [0.717, 1.165) is 25.7 Å². The molecule has 0 spiro atoms. The van der Waals surface area contributed by atoms with Gasteiger partial charge in [-0.3, -0.25) is 4.79 Å². The molecule has 20 heavy (non-hydrogen) atoms. The Kier molecular flexibility index (Phi) is 5.17. The van der Waals surface area contributed by atoms with Crippen LogP contribution in [0.5, 0.6) is 0 Å². The first kappa shape index (κ1) is 15.9. The molecule has 1 aliphatic carbocycles. The van der Waals surface area contributed by atoms with Crippen molar-refractivity contribution in [2.75, 3.05) is 0 Å². The van der Waals surface area contributed by atoms with Gasteiger partial charge in [-0.05, 0) is 50.9 Å². The first-order valence-electron chi connectivity index (χ1n) is 8.51. The normalized spacial score (nSPS) is 36.8. The Morgan fingerprint density at radius 2 is 1.95 bits per heavy atom. The third kappa shape index (κ3) is 3.78. The van der Waals surface area contributed by atoms with Crippen molar-refractivity contribution in [3.8, 4) is 0 Å². The van der Waals surface area contributed by atoms with E-state index < -0.39 is 0 Å². The molecule has 2 rings (SSSR count). The van der Waals surface area contributed by atoms with E-state index in [9.17, 15) is 4.79 Å². The number of likely N-dealkylation sites (tertiary alicyclic amines) is 1. The minimum Gasteiger partial charge on any atom is -0.337 e. The van der Waals surface area contributed by atoms with Gasteiger partial charge in [0.15, 0.2) is 0 Å². The Morgan fingerprint density at radius 1 is 1.25 bits per heavy atom. The maximum Gasteiger partial charge on any atom is 0.223 e. The summed E-state index contributed by atoms with van der Waals surface area (Å²) in [4.78, 5) is 14.5. The van der Waals surface area contributed by atoms with E-state index in [1.54, 1.807) is 0 Å². The standard InChI is InChI=1S/C16H31BN2O/c1-12(2)19-14-7-5-3-4-6-10-16(17,18)11-13(14)8-9-15(19)20/h12-14H,3-11,17-18H2,1-2H3. The molecule has 0 aromatic rings. The van der Waals surface area contributed by atoms with E-state index in [4.69, 9.17) is 5.73 Å². The number of hydrogen-bond acceptors (Lipinski definition) is 2. The molecular weight excluding hydrogens is 247 g/mol. The lowest BCUT2D eigenvalue weighted by Gasteiger charge is -2.46. The monoisotopic (exact) mass is 278 g/mol. The van der Waals surface area contributed by atoms with Crippen LogP contribution in [0.4, 0.5) is 0 Å². The van der Waals surface area contributed by atoms with E-state index in [-0.39, 0.29) is 5.44 Å². The highest BCUT2D eigenvalue weighted by atomic mass is 16.2. The van der Waals surface area contributed by atoms with Crippen molar-refractivity contribution in [2.45, 2.75) is 89.2 Å². The summed E-state index contributed by atoms with van der Waals surface area (Å²) in [6.07, 6.45) is 10.2. The molecule has 1 aliphatic heterocycles. The summed E-state index contributed by atoms with van der Waals surface area (Å²) in [5.74, 6) is 0.959. The van der Waals surface area contributed by atoms with Crippen LogP contribution in [-0.4, -0.2) is 36.2 Å². The van der Waals surface area contributed by atoms with Crippen molar-refractivity contribution < 1.29 is 4.79 Å². The van der Waals surface area contributed by atoms with E-state index in [2.05, 4.69) is 26.6 Å². The summed E-state index contributed by atoms with van der Waals surface area (Å²) in [5.41, 5.74) is 6.48. The minimum absolute atomic E-state index is 0.0523. The predicted octanol–water partition coefficient (Wildman–Crippen LogP) is 2.03. The second kappa shape index (κ2) is 6.51. The lowest BCUT2D eigenvalue weighted by molar-refractivity contribution is -0.142. The van der Waals surface area contributed by atoms with Crippen molar-refractivity contribution in [2.24, 2.45) is 11.7 Å². The van der Waals surface area contributed by atoms with Crippen LogP contribution >= 0.6 is 0 Å². The number of piperidine rings is 1. The summed E-state index contributed by atoms with van der Waals surface area (Å²) in [6, 6.07) is 0.750. The van der Waals surface area contributed by atoms with E-state index >= 15 is 0 Å². The molecule has 1 heterocycles. The molecule has 3 unspecified atom stereocenters. The Balaban J connectivity index is 2.18. The van der Waals surface area contributed by atoms with Gasteiger partial charge in [0.1, 0.15) is 7.85 Å². The molecule has 1 saturated carbocycles. The van der Waals surface area contributed by atoms with Gasteiger partial charge in [0.2, 0.25) is 5.91 Å². The van der Waals surface area contributed by atoms with Crippen LogP contribution in [-0.2, 0) is 4.79 Å². The molecule has 0 radical (unpaired) electrons. The van der Waals surface area contributed by atoms with E-state index in [1.807, 2.05) is 0 Å². The molecule has 114 valence electrons. The quantitative estimate of drug-likeness (QED) is 0.746. The van der Waals surface area contributed by atoms with Crippen molar-refractivity contribution in [1.82, 2.24) is 4.90 Å². The summed E-state index contributed by atoms with van der Waals surface area (Å²) in [7, 11) is 2.21. The maximum atomic E-state index is 12.3. The van der Waals surface area contributed by atoms with Crippen molar-refractivity contribution in [3.05, 3.63) is 0 Å². The van der Waals surface area contributed by atoms with Gasteiger partial charge in [0, 0.05) is 18.5 Å². The van der Waals surface area contributed by atoms with Crippen LogP contribution < -0.4 is 5.73 Å². The molecule has 2 aliphatic rings. The number of nitrogens with zero attached hydrogens (tertiary/aromatic N) is 1. The first-order chi connectivity index (χ1) is 9.41. The average Bonchev–Trinajstić information content (AvgIpc) is 2.35. The Hall–Kier alpha value is -0.505. The van der Waals surface area contributed by atoms with Crippen molar-refractivity contribution in [3.63, 3.8) is 0 Å². The van der Waals surface area contributed by atoms with Gasteiger partial charge in [-0.1, -0.05) is 25.7 Å². The van der Waals surface area contributed by atoms with Crippen LogP contribution in [0.2, 0.25) is 0 Å². The molecule has 4 heteroatoms. The Morgan fingerprint density at radius 3 is 2.65 bits per heavy atom. The summed E-state index contributed by atoms with van der Waals surface area (Å²) in [6.45, 7) is 4.31. The lowest BCUT2D eigenvalue weighted by Crippen LogP contribution is -2.55. The number of carbonyl (C=O) groups is 1. The molecule has 2 N–H and O–H groups in total. The zero-order chi connectivity index (χ0) is 14.8. The van der Waals surface area contributed by atoms with Crippen molar-refractivity contribution in [1.29, 1.82) is 0 Å². The minimum atomic E-state index is -0.0523. The SMILES string of the molecule is BC1(N)CCCCCCC2C(CCC(=O)N2C(C)C)C1. The van der Waals surface area contributed by atoms with Gasteiger partial charge in [0.25, 0.3) is 0 Å². The number of carbonyl (C=O) groups excluding carboxylic acids is 1. The number of nitrogens with two attached hydrogens (primary N) is 1. The number of amides is 1. The van der Waals surface area contributed by atoms with Gasteiger partial charge in [-0.2, -0.15) is 0 Å². The molecule has 0 aromatic carbocycles. The summed E-state index contributed by atoms with van der Waals surface area (Å²) < 4.78 is 0. The summed E-state index contributed by atoms with van der Waals surface area (Å²) in [5, 5.41) is 0. The second-order valence-electron chi connectivity index (χ2n) is 7.57. The Labute approximate surface area is 125 Å². The number of rotatable bonds is 1. The molecule has 1 amide bonds. The predicted molar refractivity (Wildman–Crippen MR) is 86.3 cm³/mol. The zero-order valence-corrected chi connectivity index (χ0v) is 13.5. The van der Waals surface area contributed by atoms with Crippen molar-refractivity contribution >= 4 is 13.8 Å². The number of fused-ring (bicyclic) bond motifs is 1. The zero-order valence-electron chi connectivity index (χ0n) is 13.5. The largest absolute Gasteiger partial charge is 0.337 e. The van der Waals surface area contributed by atoms with Crippen LogP contribution in [0.15, 0.2) is 0 Å². The van der Waals surface area contributed by atoms with Gasteiger partial charge >= 0.3 is 0 Å². The molecule has 3 nitrogen and oxygen atoms in total. The van der Waals surface area contributed by atoms with Gasteiger partial charge in [-0.25, -0.2) is 0 Å².